The van der Waals surface area contributed by atoms with Crippen LogP contribution in [-0.4, -0.2) is 10.8 Å². The van der Waals surface area contributed by atoms with Gasteiger partial charge in [0, 0.05) is 35.5 Å². The molecule has 0 unspecified atom stereocenters. The van der Waals surface area contributed by atoms with Crippen LogP contribution >= 0.6 is 11.6 Å². The van der Waals surface area contributed by atoms with Crippen LogP contribution in [0.15, 0.2) is 36.7 Å². The van der Waals surface area contributed by atoms with Crippen LogP contribution in [0, 0.1) is 0 Å². The first-order chi connectivity index (χ1) is 8.77. The van der Waals surface area contributed by atoms with Crippen LogP contribution in [0.2, 0.25) is 5.02 Å². The van der Waals surface area contributed by atoms with E-state index in [0.717, 1.165) is 35.1 Å². The summed E-state index contributed by atoms with van der Waals surface area (Å²) in [4.78, 5) is 15.9. The number of Topliss-reactive ketones (excluding diaryl/α,β-unsaturated/α-hetero) is 1. The minimum Gasteiger partial charge on any atom is -0.294 e. The number of ketones is 1. The summed E-state index contributed by atoms with van der Waals surface area (Å²) in [6.45, 7) is 0. The molecule has 0 saturated heterocycles. The summed E-state index contributed by atoms with van der Waals surface area (Å²) in [5.74, 6) is 0.205. The molecule has 0 fully saturated rings. The lowest BCUT2D eigenvalue weighted by molar-refractivity contribution is 0.0972. The number of pyridine rings is 1. The molecule has 0 spiro atoms. The molecule has 0 N–H and O–H groups in total. The number of hydrogen-bond acceptors (Lipinski definition) is 2. The van der Waals surface area contributed by atoms with Crippen molar-refractivity contribution in [3.05, 3.63) is 52.8 Å². The summed E-state index contributed by atoms with van der Waals surface area (Å²) in [5.41, 5.74) is 3.73. The van der Waals surface area contributed by atoms with Crippen molar-refractivity contribution >= 4 is 17.4 Å². The fraction of sp³-hybridized carbons (Fsp3) is 0.200. The average Bonchev–Trinajstić information content (AvgIpc) is 2.41. The van der Waals surface area contributed by atoms with E-state index in [0.29, 0.717) is 11.4 Å². The van der Waals surface area contributed by atoms with Gasteiger partial charge >= 0.3 is 0 Å². The Kier molecular flexibility index (Phi) is 2.88. The summed E-state index contributed by atoms with van der Waals surface area (Å²) in [6, 6.07) is 7.67. The smallest absolute Gasteiger partial charge is 0.163 e. The van der Waals surface area contributed by atoms with Crippen molar-refractivity contribution in [2.75, 3.05) is 0 Å². The summed E-state index contributed by atoms with van der Waals surface area (Å²) in [7, 11) is 0. The number of benzene rings is 1. The van der Waals surface area contributed by atoms with Gasteiger partial charge in [0.05, 0.1) is 5.02 Å². The van der Waals surface area contributed by atoms with Crippen LogP contribution < -0.4 is 0 Å². The Morgan fingerprint density at radius 3 is 2.72 bits per heavy atom. The van der Waals surface area contributed by atoms with Crippen molar-refractivity contribution in [2.45, 2.75) is 19.3 Å². The highest BCUT2D eigenvalue weighted by atomic mass is 35.5. The molecule has 0 radical (unpaired) electrons. The first-order valence-electron chi connectivity index (χ1n) is 6.02. The fourth-order valence-electron chi connectivity index (χ4n) is 2.43. The number of rotatable bonds is 1. The van der Waals surface area contributed by atoms with Crippen LogP contribution in [-0.2, 0) is 6.42 Å². The van der Waals surface area contributed by atoms with Gasteiger partial charge in [0.25, 0.3) is 0 Å². The Bertz CT molecular complexity index is 607. The molecular formula is C15H12ClNO. The summed E-state index contributed by atoms with van der Waals surface area (Å²) < 4.78 is 0. The van der Waals surface area contributed by atoms with E-state index in [4.69, 9.17) is 11.6 Å². The molecule has 1 aliphatic rings. The number of aromatic nitrogens is 1. The average molecular weight is 258 g/mol. The zero-order valence-corrected chi connectivity index (χ0v) is 10.6. The van der Waals surface area contributed by atoms with Gasteiger partial charge in [0.15, 0.2) is 5.78 Å². The molecule has 0 amide bonds. The predicted molar refractivity (Wildman–Crippen MR) is 72.0 cm³/mol. The number of carbonyl (C=O) groups is 1. The maximum absolute atomic E-state index is 11.8. The van der Waals surface area contributed by atoms with E-state index in [-0.39, 0.29) is 5.78 Å². The Balaban J connectivity index is 2.17. The van der Waals surface area contributed by atoms with Gasteiger partial charge in [-0.05, 0) is 24.5 Å². The normalized spacial score (nSPS) is 14.4. The zero-order valence-electron chi connectivity index (χ0n) is 9.82. The number of fused-ring (bicyclic) bond motifs is 1. The minimum atomic E-state index is 0.205. The molecule has 2 nitrogen and oxygen atoms in total. The molecule has 1 aliphatic carbocycles. The highest BCUT2D eigenvalue weighted by Gasteiger charge is 2.21. The van der Waals surface area contributed by atoms with Crippen LogP contribution in [0.1, 0.15) is 28.8 Å². The molecule has 1 aromatic carbocycles. The third kappa shape index (κ3) is 1.83. The molecular weight excluding hydrogens is 246 g/mol. The van der Waals surface area contributed by atoms with Gasteiger partial charge in [0.1, 0.15) is 0 Å². The zero-order chi connectivity index (χ0) is 12.5. The Morgan fingerprint density at radius 2 is 1.94 bits per heavy atom. The van der Waals surface area contributed by atoms with E-state index < -0.39 is 0 Å². The Labute approximate surface area is 111 Å². The predicted octanol–water partition coefficient (Wildman–Crippen LogP) is 3.92. The van der Waals surface area contributed by atoms with Crippen molar-refractivity contribution in [1.82, 2.24) is 4.98 Å². The second-order valence-corrected chi connectivity index (χ2v) is 4.85. The van der Waals surface area contributed by atoms with Gasteiger partial charge in [-0.15, -0.1) is 0 Å². The van der Waals surface area contributed by atoms with Gasteiger partial charge in [0.2, 0.25) is 0 Å². The minimum absolute atomic E-state index is 0.205. The first-order valence-corrected chi connectivity index (χ1v) is 6.40. The molecule has 0 saturated carbocycles. The highest BCUT2D eigenvalue weighted by Crippen LogP contribution is 2.35. The molecule has 3 rings (SSSR count). The van der Waals surface area contributed by atoms with E-state index >= 15 is 0 Å². The Hall–Kier alpha value is -1.67. The van der Waals surface area contributed by atoms with Gasteiger partial charge < -0.3 is 0 Å². The maximum atomic E-state index is 11.8. The topological polar surface area (TPSA) is 30.0 Å². The molecule has 90 valence electrons. The summed E-state index contributed by atoms with van der Waals surface area (Å²) >= 11 is 6.45. The molecule has 0 bridgehead atoms. The molecule has 0 atom stereocenters. The van der Waals surface area contributed by atoms with E-state index in [1.54, 1.807) is 12.4 Å². The van der Waals surface area contributed by atoms with Crippen molar-refractivity contribution in [3.8, 4) is 11.1 Å². The lowest BCUT2D eigenvalue weighted by Gasteiger charge is -2.18. The Morgan fingerprint density at radius 1 is 1.11 bits per heavy atom. The van der Waals surface area contributed by atoms with Gasteiger partial charge in [-0.25, -0.2) is 0 Å². The molecule has 0 aliphatic heterocycles. The quantitative estimate of drug-likeness (QED) is 0.775. The van der Waals surface area contributed by atoms with Crippen molar-refractivity contribution < 1.29 is 4.79 Å². The number of halogens is 1. The second kappa shape index (κ2) is 4.54. The largest absolute Gasteiger partial charge is 0.294 e. The summed E-state index contributed by atoms with van der Waals surface area (Å²) in [6.07, 6.45) is 5.93. The molecule has 1 aromatic heterocycles. The highest BCUT2D eigenvalue weighted by molar-refractivity contribution is 6.34. The van der Waals surface area contributed by atoms with Crippen LogP contribution in [0.3, 0.4) is 0 Å². The first kappa shape index (κ1) is 11.4. The third-order valence-corrected chi connectivity index (χ3v) is 3.78. The van der Waals surface area contributed by atoms with Crippen LogP contribution in [0.25, 0.3) is 11.1 Å². The fourth-order valence-corrected chi connectivity index (χ4v) is 2.80. The SMILES string of the molecule is O=C1CCCc2c1ccc(-c1cccnc1)c2Cl. The van der Waals surface area contributed by atoms with Crippen molar-refractivity contribution in [3.63, 3.8) is 0 Å². The van der Waals surface area contributed by atoms with E-state index in [1.165, 1.54) is 0 Å². The maximum Gasteiger partial charge on any atom is 0.163 e. The van der Waals surface area contributed by atoms with Crippen molar-refractivity contribution in [1.29, 1.82) is 0 Å². The van der Waals surface area contributed by atoms with Crippen LogP contribution in [0.4, 0.5) is 0 Å². The lowest BCUT2D eigenvalue weighted by atomic mass is 9.88. The second-order valence-electron chi connectivity index (χ2n) is 4.47. The molecule has 2 aromatic rings. The molecule has 3 heteroatoms. The van der Waals surface area contributed by atoms with Gasteiger partial charge in [-0.2, -0.15) is 0 Å². The number of nitrogens with zero attached hydrogens (tertiary/aromatic N) is 1. The molecule has 1 heterocycles. The van der Waals surface area contributed by atoms with Gasteiger partial charge in [-0.1, -0.05) is 29.8 Å². The standard InChI is InChI=1S/C15H12ClNO/c16-15-11(10-3-2-8-17-9-10)6-7-12-13(15)4-1-5-14(12)18/h2-3,6-9H,1,4-5H2. The molecule has 18 heavy (non-hydrogen) atoms. The summed E-state index contributed by atoms with van der Waals surface area (Å²) in [5, 5.41) is 0.702. The van der Waals surface area contributed by atoms with Gasteiger partial charge in [-0.3, -0.25) is 9.78 Å². The van der Waals surface area contributed by atoms with E-state index in [2.05, 4.69) is 4.98 Å². The monoisotopic (exact) mass is 257 g/mol. The number of hydrogen-bond donors (Lipinski definition) is 0. The van der Waals surface area contributed by atoms with E-state index in [9.17, 15) is 4.79 Å². The number of carbonyl (C=O) groups excluding carboxylic acids is 1. The van der Waals surface area contributed by atoms with E-state index in [1.807, 2.05) is 24.3 Å². The lowest BCUT2D eigenvalue weighted by Crippen LogP contribution is -2.11. The third-order valence-electron chi connectivity index (χ3n) is 3.35. The van der Waals surface area contributed by atoms with Crippen LogP contribution in [0.5, 0.6) is 0 Å². The van der Waals surface area contributed by atoms with Crippen molar-refractivity contribution in [2.24, 2.45) is 0 Å².